The van der Waals surface area contributed by atoms with Crippen molar-refractivity contribution in [3.63, 3.8) is 0 Å². The molecule has 1 aliphatic heterocycles. The number of nitrogens with zero attached hydrogens (tertiary/aromatic N) is 3. The lowest BCUT2D eigenvalue weighted by atomic mass is 9.96. The van der Waals surface area contributed by atoms with Crippen LogP contribution in [-0.2, 0) is 16.1 Å². The predicted octanol–water partition coefficient (Wildman–Crippen LogP) is 2.20. The van der Waals surface area contributed by atoms with Gasteiger partial charge in [0.2, 0.25) is 11.8 Å². The maximum Gasteiger partial charge on any atom is 0.225 e. The molecule has 0 bridgehead atoms. The van der Waals surface area contributed by atoms with Gasteiger partial charge in [0.15, 0.2) is 0 Å². The largest absolute Gasteiger partial charge is 0.352 e. The normalized spacial score (nSPS) is 20.3. The molecule has 1 N–H and O–H groups in total. The molecule has 2 fully saturated rings. The third-order valence-electron chi connectivity index (χ3n) is 5.31. The lowest BCUT2D eigenvalue weighted by Crippen LogP contribution is -2.46. The van der Waals surface area contributed by atoms with Crippen LogP contribution in [0.2, 0.25) is 0 Å². The van der Waals surface area contributed by atoms with Crippen LogP contribution < -0.4 is 5.32 Å². The Kier molecular flexibility index (Phi) is 4.49. The summed E-state index contributed by atoms with van der Waals surface area (Å²) in [5.41, 5.74) is 2.12. The summed E-state index contributed by atoms with van der Waals surface area (Å²) < 4.78 is 2.02. The van der Waals surface area contributed by atoms with E-state index in [2.05, 4.69) is 10.3 Å². The molecule has 2 amide bonds. The van der Waals surface area contributed by atoms with Crippen LogP contribution in [0, 0.1) is 12.8 Å². The van der Waals surface area contributed by atoms with Crippen LogP contribution in [0.3, 0.4) is 0 Å². The number of imidazole rings is 1. The number of amides is 2. The first-order valence-electron chi connectivity index (χ1n) is 9.28. The number of likely N-dealkylation sites (tertiary alicyclic amines) is 1. The van der Waals surface area contributed by atoms with Crippen molar-refractivity contribution in [1.82, 2.24) is 19.8 Å². The van der Waals surface area contributed by atoms with Gasteiger partial charge >= 0.3 is 0 Å². The highest BCUT2D eigenvalue weighted by Gasteiger charge is 2.38. The Bertz CT molecular complexity index is 807. The molecule has 0 spiro atoms. The molecular formula is C20H24N4O2. The van der Waals surface area contributed by atoms with Crippen LogP contribution >= 0.6 is 0 Å². The van der Waals surface area contributed by atoms with Gasteiger partial charge in [-0.2, -0.15) is 0 Å². The van der Waals surface area contributed by atoms with E-state index >= 15 is 0 Å². The standard InChI is InChI=1S/C20H24N4O2/c1-14-21-10-11-23(14)17-5-2-15(3-6-17)12-22-20(26)16-4-9-19(25)24(13-16)18-7-8-18/h2-3,5-6,10-11,16,18H,4,7-9,12-13H2,1H3,(H,22,26). The summed E-state index contributed by atoms with van der Waals surface area (Å²) in [6.45, 7) is 3.05. The van der Waals surface area contributed by atoms with Crippen molar-refractivity contribution in [2.24, 2.45) is 5.92 Å². The van der Waals surface area contributed by atoms with E-state index in [1.165, 1.54) is 0 Å². The fourth-order valence-electron chi connectivity index (χ4n) is 3.58. The average Bonchev–Trinajstić information content (AvgIpc) is 3.41. The first-order chi connectivity index (χ1) is 12.6. The van der Waals surface area contributed by atoms with E-state index < -0.39 is 0 Å². The van der Waals surface area contributed by atoms with E-state index in [0.717, 1.165) is 29.9 Å². The second-order valence-corrected chi connectivity index (χ2v) is 7.24. The number of carbonyl (C=O) groups excluding carboxylic acids is 2. The Labute approximate surface area is 153 Å². The van der Waals surface area contributed by atoms with Crippen molar-refractivity contribution in [3.8, 4) is 5.69 Å². The van der Waals surface area contributed by atoms with E-state index in [1.807, 2.05) is 46.9 Å². The van der Waals surface area contributed by atoms with Gasteiger partial charge in [0.25, 0.3) is 0 Å². The van der Waals surface area contributed by atoms with Crippen molar-refractivity contribution in [3.05, 3.63) is 48.0 Å². The molecule has 1 saturated carbocycles. The molecule has 1 saturated heterocycles. The number of aryl methyl sites for hydroxylation is 1. The molecule has 2 heterocycles. The molecule has 1 atom stereocenters. The van der Waals surface area contributed by atoms with Gasteiger partial charge in [-0.05, 0) is 43.9 Å². The van der Waals surface area contributed by atoms with E-state index in [1.54, 1.807) is 6.20 Å². The summed E-state index contributed by atoms with van der Waals surface area (Å²) in [7, 11) is 0. The third kappa shape index (κ3) is 3.49. The van der Waals surface area contributed by atoms with Crippen molar-refractivity contribution < 1.29 is 9.59 Å². The quantitative estimate of drug-likeness (QED) is 0.897. The van der Waals surface area contributed by atoms with Crippen molar-refractivity contribution in [1.29, 1.82) is 0 Å². The number of benzene rings is 1. The van der Waals surface area contributed by atoms with Gasteiger partial charge in [0, 0.05) is 43.6 Å². The van der Waals surface area contributed by atoms with Gasteiger partial charge in [0.05, 0.1) is 5.92 Å². The van der Waals surface area contributed by atoms with Crippen LogP contribution in [0.5, 0.6) is 0 Å². The van der Waals surface area contributed by atoms with Crippen molar-refractivity contribution in [2.75, 3.05) is 6.54 Å². The van der Waals surface area contributed by atoms with Crippen molar-refractivity contribution in [2.45, 2.75) is 45.2 Å². The molecule has 2 aromatic rings. The lowest BCUT2D eigenvalue weighted by molar-refractivity contribution is -0.138. The summed E-state index contributed by atoms with van der Waals surface area (Å²) in [4.78, 5) is 30.6. The molecular weight excluding hydrogens is 328 g/mol. The summed E-state index contributed by atoms with van der Waals surface area (Å²) in [5, 5.41) is 3.03. The average molecular weight is 352 g/mol. The van der Waals surface area contributed by atoms with E-state index in [-0.39, 0.29) is 17.7 Å². The van der Waals surface area contributed by atoms with E-state index in [9.17, 15) is 9.59 Å². The second-order valence-electron chi connectivity index (χ2n) is 7.24. The Morgan fingerprint density at radius 1 is 1.23 bits per heavy atom. The van der Waals surface area contributed by atoms with Gasteiger partial charge in [0.1, 0.15) is 5.82 Å². The molecule has 6 heteroatoms. The Balaban J connectivity index is 1.33. The van der Waals surface area contributed by atoms with E-state index in [0.29, 0.717) is 32.0 Å². The maximum atomic E-state index is 12.5. The number of nitrogens with one attached hydrogen (secondary N) is 1. The van der Waals surface area contributed by atoms with Crippen LogP contribution in [0.15, 0.2) is 36.7 Å². The monoisotopic (exact) mass is 352 g/mol. The molecule has 0 radical (unpaired) electrons. The zero-order chi connectivity index (χ0) is 18.1. The Morgan fingerprint density at radius 3 is 2.65 bits per heavy atom. The smallest absolute Gasteiger partial charge is 0.225 e. The zero-order valence-electron chi connectivity index (χ0n) is 15.0. The van der Waals surface area contributed by atoms with Crippen LogP contribution in [0.25, 0.3) is 5.69 Å². The summed E-state index contributed by atoms with van der Waals surface area (Å²) in [6, 6.07) is 8.50. The highest BCUT2D eigenvalue weighted by atomic mass is 16.2. The highest BCUT2D eigenvalue weighted by molar-refractivity contribution is 5.84. The second kappa shape index (κ2) is 6.94. The number of hydrogen-bond donors (Lipinski definition) is 1. The fourth-order valence-corrected chi connectivity index (χ4v) is 3.58. The minimum absolute atomic E-state index is 0.0534. The number of rotatable bonds is 5. The minimum Gasteiger partial charge on any atom is -0.352 e. The number of carbonyl (C=O) groups is 2. The first kappa shape index (κ1) is 16.8. The van der Waals surface area contributed by atoms with Gasteiger partial charge in [-0.25, -0.2) is 4.98 Å². The number of hydrogen-bond acceptors (Lipinski definition) is 3. The topological polar surface area (TPSA) is 67.2 Å². The molecule has 1 unspecified atom stereocenters. The molecule has 6 nitrogen and oxygen atoms in total. The summed E-state index contributed by atoms with van der Waals surface area (Å²) in [5.74, 6) is 1.12. The lowest BCUT2D eigenvalue weighted by Gasteiger charge is -2.32. The summed E-state index contributed by atoms with van der Waals surface area (Å²) in [6.07, 6.45) is 7.04. The maximum absolute atomic E-state index is 12.5. The molecule has 1 aromatic heterocycles. The third-order valence-corrected chi connectivity index (χ3v) is 5.31. The number of aromatic nitrogens is 2. The van der Waals surface area contributed by atoms with Gasteiger partial charge in [-0.1, -0.05) is 12.1 Å². The van der Waals surface area contributed by atoms with Crippen LogP contribution in [0.4, 0.5) is 0 Å². The van der Waals surface area contributed by atoms with Crippen molar-refractivity contribution >= 4 is 11.8 Å². The Hall–Kier alpha value is -2.63. The molecule has 1 aliphatic carbocycles. The van der Waals surface area contributed by atoms with E-state index in [4.69, 9.17) is 0 Å². The molecule has 136 valence electrons. The minimum atomic E-state index is -0.0822. The van der Waals surface area contributed by atoms with Gasteiger partial charge < -0.3 is 14.8 Å². The fraction of sp³-hybridized carbons (Fsp3) is 0.450. The van der Waals surface area contributed by atoms with Crippen LogP contribution in [-0.4, -0.2) is 38.9 Å². The molecule has 2 aliphatic rings. The predicted molar refractivity (Wildman–Crippen MR) is 97.6 cm³/mol. The molecule has 26 heavy (non-hydrogen) atoms. The highest BCUT2D eigenvalue weighted by Crippen LogP contribution is 2.31. The van der Waals surface area contributed by atoms with Gasteiger partial charge in [-0.3, -0.25) is 9.59 Å². The Morgan fingerprint density at radius 2 is 2.00 bits per heavy atom. The van der Waals surface area contributed by atoms with Gasteiger partial charge in [-0.15, -0.1) is 0 Å². The molecule has 4 rings (SSSR count). The van der Waals surface area contributed by atoms with Crippen LogP contribution in [0.1, 0.15) is 37.1 Å². The molecule has 1 aromatic carbocycles. The number of piperidine rings is 1. The summed E-state index contributed by atoms with van der Waals surface area (Å²) >= 11 is 0. The SMILES string of the molecule is Cc1nccn1-c1ccc(CNC(=O)C2CCC(=O)N(C3CC3)C2)cc1. The zero-order valence-corrected chi connectivity index (χ0v) is 15.0. The first-order valence-corrected chi connectivity index (χ1v) is 9.28.